The molecule has 1 fully saturated rings. The smallest absolute Gasteiger partial charge is 0.0636 e. The molecule has 1 rings (SSSR count). The van der Waals surface area contributed by atoms with Crippen LogP contribution >= 0.6 is 0 Å². The molecule has 2 atom stereocenters. The minimum atomic E-state index is -0.221. The van der Waals surface area contributed by atoms with Gasteiger partial charge in [-0.3, -0.25) is 0 Å². The van der Waals surface area contributed by atoms with Crippen LogP contribution in [0.15, 0.2) is 0 Å². The van der Waals surface area contributed by atoms with Gasteiger partial charge in [-0.15, -0.1) is 0 Å². The third-order valence-electron chi connectivity index (χ3n) is 2.09. The number of rotatable bonds is 3. The highest BCUT2D eigenvalue weighted by molar-refractivity contribution is 4.78. The summed E-state index contributed by atoms with van der Waals surface area (Å²) >= 11 is 0. The van der Waals surface area contributed by atoms with Crippen LogP contribution in [0.3, 0.4) is 0 Å². The highest BCUT2D eigenvalue weighted by Gasteiger charge is 2.18. The lowest BCUT2D eigenvalue weighted by Gasteiger charge is -2.13. The van der Waals surface area contributed by atoms with Crippen LogP contribution in [0.1, 0.15) is 13.3 Å². The Kier molecular flexibility index (Phi) is 3.30. The monoisotopic (exact) mass is 158 g/mol. The SMILES string of the molecule is C[C@H](O)CNC1CCN(C)C1. The molecule has 1 aliphatic heterocycles. The average Bonchev–Trinajstić information content (AvgIpc) is 2.31. The molecule has 0 aliphatic carbocycles. The molecule has 1 saturated heterocycles. The molecule has 0 spiro atoms. The van der Waals surface area contributed by atoms with Crippen molar-refractivity contribution in [2.45, 2.75) is 25.5 Å². The van der Waals surface area contributed by atoms with Gasteiger partial charge in [0.1, 0.15) is 0 Å². The van der Waals surface area contributed by atoms with E-state index >= 15 is 0 Å². The largest absolute Gasteiger partial charge is 0.392 e. The van der Waals surface area contributed by atoms with E-state index in [9.17, 15) is 0 Å². The van der Waals surface area contributed by atoms with Crippen LogP contribution in [-0.2, 0) is 0 Å². The molecule has 0 aromatic carbocycles. The maximum Gasteiger partial charge on any atom is 0.0636 e. The van der Waals surface area contributed by atoms with Crippen molar-refractivity contribution in [3.63, 3.8) is 0 Å². The second-order valence-corrected chi connectivity index (χ2v) is 3.51. The van der Waals surface area contributed by atoms with Crippen molar-refractivity contribution in [1.29, 1.82) is 0 Å². The van der Waals surface area contributed by atoms with Crippen LogP contribution in [0, 0.1) is 0 Å². The molecule has 0 aromatic heterocycles. The first-order valence-corrected chi connectivity index (χ1v) is 4.28. The molecule has 3 heteroatoms. The van der Waals surface area contributed by atoms with Crippen LogP contribution in [0.25, 0.3) is 0 Å². The van der Waals surface area contributed by atoms with E-state index in [4.69, 9.17) is 5.11 Å². The number of nitrogens with zero attached hydrogens (tertiary/aromatic N) is 1. The maximum atomic E-state index is 9.00. The van der Waals surface area contributed by atoms with Gasteiger partial charge in [-0.25, -0.2) is 0 Å². The van der Waals surface area contributed by atoms with Crippen molar-refractivity contribution in [1.82, 2.24) is 10.2 Å². The number of nitrogens with one attached hydrogen (secondary N) is 1. The summed E-state index contributed by atoms with van der Waals surface area (Å²) in [4.78, 5) is 2.31. The predicted octanol–water partition coefficient (Wildman–Crippen LogP) is -0.339. The van der Waals surface area contributed by atoms with E-state index < -0.39 is 0 Å². The Hall–Kier alpha value is -0.120. The molecule has 0 saturated carbocycles. The summed E-state index contributed by atoms with van der Waals surface area (Å²) in [6.07, 6.45) is 0.990. The van der Waals surface area contributed by atoms with Crippen LogP contribution in [0.4, 0.5) is 0 Å². The number of aliphatic hydroxyl groups excluding tert-OH is 1. The Bertz CT molecular complexity index is 117. The maximum absolute atomic E-state index is 9.00. The first-order valence-electron chi connectivity index (χ1n) is 4.28. The summed E-state index contributed by atoms with van der Waals surface area (Å²) in [5.41, 5.74) is 0. The topological polar surface area (TPSA) is 35.5 Å². The quantitative estimate of drug-likeness (QED) is 0.590. The molecular formula is C8H18N2O. The highest BCUT2D eigenvalue weighted by Crippen LogP contribution is 2.05. The van der Waals surface area contributed by atoms with Crippen molar-refractivity contribution in [3.05, 3.63) is 0 Å². The Labute approximate surface area is 68.4 Å². The van der Waals surface area contributed by atoms with Gasteiger partial charge in [0.15, 0.2) is 0 Å². The lowest BCUT2D eigenvalue weighted by Crippen LogP contribution is -2.36. The van der Waals surface area contributed by atoms with Crippen LogP contribution in [0.5, 0.6) is 0 Å². The molecular weight excluding hydrogens is 140 g/mol. The number of likely N-dealkylation sites (N-methyl/N-ethyl adjacent to an activating group) is 1. The zero-order valence-electron chi connectivity index (χ0n) is 7.38. The summed E-state index contributed by atoms with van der Waals surface area (Å²) in [6, 6.07) is 0.592. The minimum absolute atomic E-state index is 0.221. The van der Waals surface area contributed by atoms with Crippen LogP contribution in [0.2, 0.25) is 0 Å². The fraction of sp³-hybridized carbons (Fsp3) is 1.00. The Morgan fingerprint density at radius 1 is 1.73 bits per heavy atom. The second-order valence-electron chi connectivity index (χ2n) is 3.51. The Balaban J connectivity index is 2.08. The molecule has 66 valence electrons. The molecule has 1 heterocycles. The van der Waals surface area contributed by atoms with E-state index in [1.807, 2.05) is 6.92 Å². The van der Waals surface area contributed by atoms with Gasteiger partial charge in [-0.2, -0.15) is 0 Å². The molecule has 1 aliphatic rings. The van der Waals surface area contributed by atoms with Gasteiger partial charge in [-0.1, -0.05) is 0 Å². The normalized spacial score (nSPS) is 29.2. The molecule has 0 amide bonds. The third-order valence-corrected chi connectivity index (χ3v) is 2.09. The van der Waals surface area contributed by atoms with E-state index in [1.165, 1.54) is 13.0 Å². The average molecular weight is 158 g/mol. The Morgan fingerprint density at radius 2 is 2.45 bits per heavy atom. The number of hydrogen-bond acceptors (Lipinski definition) is 3. The molecule has 0 aromatic rings. The van der Waals surface area contributed by atoms with Gasteiger partial charge < -0.3 is 15.3 Å². The lowest BCUT2D eigenvalue weighted by molar-refractivity contribution is 0.186. The zero-order valence-corrected chi connectivity index (χ0v) is 7.38. The standard InChI is InChI=1S/C8H18N2O/c1-7(11)5-9-8-3-4-10(2)6-8/h7-9,11H,3-6H2,1-2H3/t7-,8?/m0/s1. The van der Waals surface area contributed by atoms with Crippen molar-refractivity contribution in [2.24, 2.45) is 0 Å². The first-order chi connectivity index (χ1) is 5.18. The summed E-state index contributed by atoms with van der Waals surface area (Å²) < 4.78 is 0. The van der Waals surface area contributed by atoms with Crippen molar-refractivity contribution >= 4 is 0 Å². The molecule has 1 unspecified atom stereocenters. The van der Waals surface area contributed by atoms with Gasteiger partial charge in [0, 0.05) is 19.1 Å². The minimum Gasteiger partial charge on any atom is -0.392 e. The van der Waals surface area contributed by atoms with Crippen LogP contribution < -0.4 is 5.32 Å². The van der Waals surface area contributed by atoms with E-state index in [2.05, 4.69) is 17.3 Å². The van der Waals surface area contributed by atoms with E-state index in [0.29, 0.717) is 6.04 Å². The van der Waals surface area contributed by atoms with Gasteiger partial charge in [0.2, 0.25) is 0 Å². The fourth-order valence-corrected chi connectivity index (χ4v) is 1.44. The molecule has 0 bridgehead atoms. The van der Waals surface area contributed by atoms with Crippen molar-refractivity contribution in [3.8, 4) is 0 Å². The van der Waals surface area contributed by atoms with Gasteiger partial charge in [0.05, 0.1) is 6.10 Å². The molecule has 11 heavy (non-hydrogen) atoms. The molecule has 2 N–H and O–H groups in total. The number of hydrogen-bond donors (Lipinski definition) is 2. The lowest BCUT2D eigenvalue weighted by atomic mass is 10.2. The van der Waals surface area contributed by atoms with E-state index in [-0.39, 0.29) is 6.10 Å². The summed E-state index contributed by atoms with van der Waals surface area (Å²) in [5.74, 6) is 0. The first kappa shape index (κ1) is 8.97. The summed E-state index contributed by atoms with van der Waals surface area (Å²) in [7, 11) is 2.13. The van der Waals surface area contributed by atoms with E-state index in [1.54, 1.807) is 0 Å². The van der Waals surface area contributed by atoms with Gasteiger partial charge in [0.25, 0.3) is 0 Å². The number of aliphatic hydroxyl groups is 1. The Morgan fingerprint density at radius 3 is 2.91 bits per heavy atom. The van der Waals surface area contributed by atoms with Gasteiger partial charge >= 0.3 is 0 Å². The fourth-order valence-electron chi connectivity index (χ4n) is 1.44. The third kappa shape index (κ3) is 3.18. The summed E-state index contributed by atoms with van der Waals surface area (Å²) in [5, 5.41) is 12.3. The van der Waals surface area contributed by atoms with Crippen LogP contribution in [-0.4, -0.2) is 48.8 Å². The zero-order chi connectivity index (χ0) is 8.27. The molecule has 3 nitrogen and oxygen atoms in total. The summed E-state index contributed by atoms with van der Waals surface area (Å²) in [6.45, 7) is 4.83. The van der Waals surface area contributed by atoms with E-state index in [0.717, 1.165) is 13.1 Å². The second kappa shape index (κ2) is 4.04. The molecule has 0 radical (unpaired) electrons. The van der Waals surface area contributed by atoms with Crippen molar-refractivity contribution < 1.29 is 5.11 Å². The predicted molar refractivity (Wildman–Crippen MR) is 45.6 cm³/mol. The van der Waals surface area contributed by atoms with Crippen molar-refractivity contribution in [2.75, 3.05) is 26.7 Å². The highest BCUT2D eigenvalue weighted by atomic mass is 16.3. The number of likely N-dealkylation sites (tertiary alicyclic amines) is 1. The van der Waals surface area contributed by atoms with Gasteiger partial charge in [-0.05, 0) is 26.9 Å².